The molecular formula is C21H25FN4O2. The molecule has 4 amide bonds. The number of carbonyl (C=O) groups is 2. The molecule has 0 saturated carbocycles. The number of piperidine rings is 1. The Hall–Kier alpha value is -3.09. The summed E-state index contributed by atoms with van der Waals surface area (Å²) in [6.07, 6.45) is 2.09. The van der Waals surface area contributed by atoms with E-state index in [4.69, 9.17) is 0 Å². The highest BCUT2D eigenvalue weighted by Crippen LogP contribution is 2.11. The molecule has 0 radical (unpaired) electrons. The first-order valence-corrected chi connectivity index (χ1v) is 9.50. The van der Waals surface area contributed by atoms with E-state index in [0.29, 0.717) is 38.9 Å². The fraction of sp³-hybridized carbons (Fsp3) is 0.333. The Morgan fingerprint density at radius 1 is 1.00 bits per heavy atom. The van der Waals surface area contributed by atoms with Crippen LogP contribution in [0, 0.1) is 5.82 Å². The summed E-state index contributed by atoms with van der Waals surface area (Å²) in [6.45, 7) is 1.69. The molecule has 1 heterocycles. The van der Waals surface area contributed by atoms with E-state index in [0.717, 1.165) is 11.3 Å². The molecule has 0 atom stereocenters. The van der Waals surface area contributed by atoms with Gasteiger partial charge in [0.2, 0.25) is 0 Å². The predicted octanol–water partition coefficient (Wildman–Crippen LogP) is 3.36. The number of anilines is 1. The van der Waals surface area contributed by atoms with Crippen LogP contribution in [0.15, 0.2) is 54.6 Å². The van der Waals surface area contributed by atoms with Gasteiger partial charge >= 0.3 is 12.1 Å². The van der Waals surface area contributed by atoms with Gasteiger partial charge in [-0.05, 0) is 49.1 Å². The van der Waals surface area contributed by atoms with Crippen LogP contribution >= 0.6 is 0 Å². The topological polar surface area (TPSA) is 73.5 Å². The molecule has 2 aromatic carbocycles. The molecule has 1 aliphatic rings. The summed E-state index contributed by atoms with van der Waals surface area (Å²) >= 11 is 0. The van der Waals surface area contributed by atoms with Crippen molar-refractivity contribution in [3.05, 3.63) is 66.0 Å². The van der Waals surface area contributed by atoms with Gasteiger partial charge in [0.25, 0.3) is 0 Å². The lowest BCUT2D eigenvalue weighted by molar-refractivity contribution is 0.177. The van der Waals surface area contributed by atoms with E-state index in [1.54, 1.807) is 17.0 Å². The molecule has 0 unspecified atom stereocenters. The van der Waals surface area contributed by atoms with E-state index < -0.39 is 0 Å². The number of rotatable bonds is 5. The smallest absolute Gasteiger partial charge is 0.319 e. The van der Waals surface area contributed by atoms with Gasteiger partial charge in [0, 0.05) is 31.4 Å². The maximum absolute atomic E-state index is 12.9. The highest BCUT2D eigenvalue weighted by molar-refractivity contribution is 5.89. The second-order valence-corrected chi connectivity index (χ2v) is 6.83. The number of urea groups is 2. The highest BCUT2D eigenvalue weighted by Gasteiger charge is 2.23. The van der Waals surface area contributed by atoms with E-state index in [-0.39, 0.29) is 23.9 Å². The third-order valence-corrected chi connectivity index (χ3v) is 4.75. The van der Waals surface area contributed by atoms with Gasteiger partial charge in [-0.3, -0.25) is 0 Å². The molecule has 0 spiro atoms. The third-order valence-electron chi connectivity index (χ3n) is 4.75. The first kappa shape index (κ1) is 19.7. The van der Waals surface area contributed by atoms with Crippen LogP contribution in [0.5, 0.6) is 0 Å². The number of nitrogens with zero attached hydrogens (tertiary/aromatic N) is 1. The molecule has 148 valence electrons. The molecule has 3 rings (SSSR count). The summed E-state index contributed by atoms with van der Waals surface area (Å²) in [5.74, 6) is -0.262. The molecule has 7 heteroatoms. The zero-order valence-corrected chi connectivity index (χ0v) is 15.7. The number of amides is 4. The minimum absolute atomic E-state index is 0.0481. The van der Waals surface area contributed by atoms with Gasteiger partial charge in [-0.15, -0.1) is 0 Å². The minimum Gasteiger partial charge on any atom is -0.338 e. The molecule has 3 N–H and O–H groups in total. The first-order valence-electron chi connectivity index (χ1n) is 9.50. The Morgan fingerprint density at radius 2 is 1.68 bits per heavy atom. The van der Waals surface area contributed by atoms with Gasteiger partial charge in [-0.25, -0.2) is 14.0 Å². The van der Waals surface area contributed by atoms with Gasteiger partial charge in [-0.2, -0.15) is 0 Å². The van der Waals surface area contributed by atoms with Crippen LogP contribution in [0.4, 0.5) is 19.7 Å². The number of para-hydroxylation sites is 1. The Bertz CT molecular complexity index is 775. The lowest BCUT2D eigenvalue weighted by Crippen LogP contribution is -2.50. The van der Waals surface area contributed by atoms with Crippen LogP contribution in [-0.4, -0.2) is 42.6 Å². The number of hydrogen-bond donors (Lipinski definition) is 3. The summed E-state index contributed by atoms with van der Waals surface area (Å²) in [5, 5.41) is 8.66. The monoisotopic (exact) mass is 384 g/mol. The fourth-order valence-corrected chi connectivity index (χ4v) is 3.18. The standard InChI is InChI=1S/C21H25FN4O2/c22-17-8-6-16(7-9-17)10-13-23-21(28)26-14-11-19(12-15-26)25-20(27)24-18-4-2-1-3-5-18/h1-9,19H,10-15H2,(H,23,28)(H2,24,25,27). The molecule has 0 bridgehead atoms. The number of halogens is 1. The number of carbonyl (C=O) groups excluding carboxylic acids is 2. The first-order chi connectivity index (χ1) is 13.6. The van der Waals surface area contributed by atoms with Crippen LogP contribution in [0.1, 0.15) is 18.4 Å². The summed E-state index contributed by atoms with van der Waals surface area (Å²) in [6, 6.07) is 15.3. The second kappa shape index (κ2) is 9.73. The quantitative estimate of drug-likeness (QED) is 0.740. The highest BCUT2D eigenvalue weighted by atomic mass is 19.1. The van der Waals surface area contributed by atoms with Crippen molar-refractivity contribution in [1.29, 1.82) is 0 Å². The van der Waals surface area contributed by atoms with Crippen LogP contribution in [0.2, 0.25) is 0 Å². The average molecular weight is 384 g/mol. The Labute approximate surface area is 164 Å². The van der Waals surface area contributed by atoms with Crippen molar-refractivity contribution >= 4 is 17.7 Å². The predicted molar refractivity (Wildman–Crippen MR) is 107 cm³/mol. The van der Waals surface area contributed by atoms with Crippen molar-refractivity contribution in [2.75, 3.05) is 25.0 Å². The van der Waals surface area contributed by atoms with Crippen molar-refractivity contribution in [3.63, 3.8) is 0 Å². The molecule has 1 saturated heterocycles. The van der Waals surface area contributed by atoms with Crippen LogP contribution in [0.25, 0.3) is 0 Å². The summed E-state index contributed by atoms with van der Waals surface area (Å²) < 4.78 is 12.9. The summed E-state index contributed by atoms with van der Waals surface area (Å²) in [7, 11) is 0. The Balaban J connectivity index is 1.34. The zero-order valence-electron chi connectivity index (χ0n) is 15.7. The van der Waals surface area contributed by atoms with Crippen molar-refractivity contribution in [2.45, 2.75) is 25.3 Å². The minimum atomic E-state index is -0.262. The molecule has 6 nitrogen and oxygen atoms in total. The van der Waals surface area contributed by atoms with E-state index in [2.05, 4.69) is 16.0 Å². The number of likely N-dealkylation sites (tertiary alicyclic amines) is 1. The summed E-state index contributed by atoms with van der Waals surface area (Å²) in [4.78, 5) is 26.1. The lowest BCUT2D eigenvalue weighted by Gasteiger charge is -2.32. The van der Waals surface area contributed by atoms with Crippen LogP contribution in [0.3, 0.4) is 0 Å². The number of benzene rings is 2. The SMILES string of the molecule is O=C(Nc1ccccc1)NC1CCN(C(=O)NCCc2ccc(F)cc2)CC1. The summed E-state index contributed by atoms with van der Waals surface area (Å²) in [5.41, 5.74) is 1.73. The van der Waals surface area contributed by atoms with E-state index in [1.165, 1.54) is 12.1 Å². The number of hydrogen-bond acceptors (Lipinski definition) is 2. The maximum Gasteiger partial charge on any atom is 0.319 e. The van der Waals surface area contributed by atoms with Gasteiger partial charge in [-0.1, -0.05) is 30.3 Å². The van der Waals surface area contributed by atoms with Gasteiger partial charge in [0.05, 0.1) is 0 Å². The van der Waals surface area contributed by atoms with Gasteiger partial charge < -0.3 is 20.9 Å². The third kappa shape index (κ3) is 5.97. The normalized spacial score (nSPS) is 14.4. The fourth-order valence-electron chi connectivity index (χ4n) is 3.18. The van der Waals surface area contributed by atoms with Crippen LogP contribution < -0.4 is 16.0 Å². The molecule has 1 aliphatic heterocycles. The second-order valence-electron chi connectivity index (χ2n) is 6.83. The molecule has 1 fully saturated rings. The van der Waals surface area contributed by atoms with E-state index in [9.17, 15) is 14.0 Å². The molecule has 28 heavy (non-hydrogen) atoms. The van der Waals surface area contributed by atoms with Crippen molar-refractivity contribution in [2.24, 2.45) is 0 Å². The van der Waals surface area contributed by atoms with Crippen molar-refractivity contribution in [3.8, 4) is 0 Å². The Morgan fingerprint density at radius 3 is 2.36 bits per heavy atom. The molecular weight excluding hydrogens is 359 g/mol. The zero-order chi connectivity index (χ0) is 19.8. The average Bonchev–Trinajstić information content (AvgIpc) is 2.70. The lowest BCUT2D eigenvalue weighted by atomic mass is 10.1. The maximum atomic E-state index is 12.9. The van der Waals surface area contributed by atoms with Crippen LogP contribution in [-0.2, 0) is 6.42 Å². The molecule has 0 aromatic heterocycles. The van der Waals surface area contributed by atoms with Crippen molar-refractivity contribution < 1.29 is 14.0 Å². The van der Waals surface area contributed by atoms with Crippen molar-refractivity contribution in [1.82, 2.24) is 15.5 Å². The molecule has 2 aromatic rings. The van der Waals surface area contributed by atoms with E-state index in [1.807, 2.05) is 30.3 Å². The number of nitrogens with one attached hydrogen (secondary N) is 3. The van der Waals surface area contributed by atoms with Gasteiger partial charge in [0.15, 0.2) is 0 Å². The van der Waals surface area contributed by atoms with Gasteiger partial charge in [0.1, 0.15) is 5.82 Å². The Kier molecular flexibility index (Phi) is 6.84. The molecule has 0 aliphatic carbocycles. The largest absolute Gasteiger partial charge is 0.338 e. The van der Waals surface area contributed by atoms with E-state index >= 15 is 0 Å².